The Bertz CT molecular complexity index is 350. The lowest BCUT2D eigenvalue weighted by molar-refractivity contribution is 0.576. The molecule has 0 amide bonds. The van der Waals surface area contributed by atoms with E-state index in [0.717, 1.165) is 32.4 Å². The summed E-state index contributed by atoms with van der Waals surface area (Å²) >= 11 is 0. The van der Waals surface area contributed by atoms with Crippen LogP contribution in [0, 0.1) is 5.92 Å². The molecule has 0 aliphatic heterocycles. The molecule has 0 aliphatic rings. The minimum absolute atomic E-state index is 0. The van der Waals surface area contributed by atoms with E-state index in [1.165, 1.54) is 5.56 Å². The molecule has 0 spiro atoms. The summed E-state index contributed by atoms with van der Waals surface area (Å²) in [5.74, 6) is 1.27. The summed E-state index contributed by atoms with van der Waals surface area (Å²) < 4.78 is 0. The van der Waals surface area contributed by atoms with Gasteiger partial charge in [0.25, 0.3) is 0 Å². The molecule has 0 unspecified atom stereocenters. The third kappa shape index (κ3) is 9.76. The third-order valence-electron chi connectivity index (χ3n) is 2.78. The molecule has 3 N–H and O–H groups in total. The lowest BCUT2D eigenvalue weighted by Crippen LogP contribution is -2.33. The van der Waals surface area contributed by atoms with Crippen LogP contribution in [0.5, 0.6) is 0 Å². The highest BCUT2D eigenvalue weighted by molar-refractivity contribution is 14.0. The Morgan fingerprint density at radius 2 is 1.95 bits per heavy atom. The van der Waals surface area contributed by atoms with E-state index in [2.05, 4.69) is 48.4 Å². The van der Waals surface area contributed by atoms with Gasteiger partial charge >= 0.3 is 0 Å². The largest absolute Gasteiger partial charge is 0.370 e. The van der Waals surface area contributed by atoms with E-state index in [0.29, 0.717) is 11.9 Å². The van der Waals surface area contributed by atoms with Crippen molar-refractivity contribution >= 4 is 29.9 Å². The van der Waals surface area contributed by atoms with Crippen LogP contribution in [0.1, 0.15) is 32.3 Å². The van der Waals surface area contributed by atoms with Gasteiger partial charge in [-0.3, -0.25) is 4.99 Å². The minimum atomic E-state index is 0. The summed E-state index contributed by atoms with van der Waals surface area (Å²) in [7, 11) is 0. The summed E-state index contributed by atoms with van der Waals surface area (Å²) in [4.78, 5) is 4.32. The first kappa shape index (κ1) is 18.2. The number of rotatable bonds is 7. The monoisotopic (exact) mass is 375 g/mol. The van der Waals surface area contributed by atoms with Crippen LogP contribution in [0.15, 0.2) is 35.3 Å². The molecule has 1 rings (SSSR count). The molecule has 0 aromatic heterocycles. The zero-order valence-corrected chi connectivity index (χ0v) is 14.3. The maximum atomic E-state index is 5.78. The SMILES string of the molecule is CC(C)CCNC(N)=NCCCc1ccccc1.I. The number of hydrogen-bond acceptors (Lipinski definition) is 1. The van der Waals surface area contributed by atoms with Gasteiger partial charge in [0.05, 0.1) is 0 Å². The van der Waals surface area contributed by atoms with Crippen LogP contribution in [0.2, 0.25) is 0 Å². The van der Waals surface area contributed by atoms with Crippen LogP contribution >= 0.6 is 24.0 Å². The Balaban J connectivity index is 0.00000324. The fraction of sp³-hybridized carbons (Fsp3) is 0.533. The number of nitrogens with one attached hydrogen (secondary N) is 1. The van der Waals surface area contributed by atoms with E-state index in [-0.39, 0.29) is 24.0 Å². The number of nitrogens with two attached hydrogens (primary N) is 1. The molecule has 0 bridgehead atoms. The predicted octanol–water partition coefficient (Wildman–Crippen LogP) is 3.19. The summed E-state index contributed by atoms with van der Waals surface area (Å²) in [5, 5.41) is 3.14. The van der Waals surface area contributed by atoms with Crippen LogP contribution in [0.25, 0.3) is 0 Å². The van der Waals surface area contributed by atoms with Gasteiger partial charge in [-0.05, 0) is 30.7 Å². The smallest absolute Gasteiger partial charge is 0.188 e. The van der Waals surface area contributed by atoms with Gasteiger partial charge in [-0.2, -0.15) is 0 Å². The van der Waals surface area contributed by atoms with Crippen molar-refractivity contribution in [2.45, 2.75) is 33.1 Å². The molecular weight excluding hydrogens is 349 g/mol. The summed E-state index contributed by atoms with van der Waals surface area (Å²) in [5.41, 5.74) is 7.14. The van der Waals surface area contributed by atoms with Crippen molar-refractivity contribution in [1.29, 1.82) is 0 Å². The van der Waals surface area contributed by atoms with E-state index in [1.54, 1.807) is 0 Å². The highest BCUT2D eigenvalue weighted by Crippen LogP contribution is 2.02. The molecule has 0 radical (unpaired) electrons. The maximum Gasteiger partial charge on any atom is 0.188 e. The number of aliphatic imine (C=N–C) groups is 1. The first-order chi connectivity index (χ1) is 8.68. The Morgan fingerprint density at radius 3 is 2.58 bits per heavy atom. The van der Waals surface area contributed by atoms with Gasteiger partial charge in [-0.15, -0.1) is 24.0 Å². The second-order valence-corrected chi connectivity index (χ2v) is 4.97. The molecule has 0 saturated carbocycles. The van der Waals surface area contributed by atoms with Crippen molar-refractivity contribution in [3.8, 4) is 0 Å². The second-order valence-electron chi connectivity index (χ2n) is 4.97. The molecule has 0 saturated heterocycles. The zero-order valence-electron chi connectivity index (χ0n) is 11.9. The highest BCUT2D eigenvalue weighted by atomic mass is 127. The van der Waals surface area contributed by atoms with Crippen molar-refractivity contribution in [2.24, 2.45) is 16.6 Å². The second kappa shape index (κ2) is 11.1. The van der Waals surface area contributed by atoms with Crippen molar-refractivity contribution in [3.63, 3.8) is 0 Å². The molecule has 4 heteroatoms. The van der Waals surface area contributed by atoms with E-state index < -0.39 is 0 Å². The number of benzene rings is 1. The van der Waals surface area contributed by atoms with Gasteiger partial charge in [0.2, 0.25) is 0 Å². The molecule has 108 valence electrons. The van der Waals surface area contributed by atoms with Gasteiger partial charge < -0.3 is 11.1 Å². The van der Waals surface area contributed by atoms with Crippen LogP contribution in [0.4, 0.5) is 0 Å². The van der Waals surface area contributed by atoms with Crippen molar-refractivity contribution < 1.29 is 0 Å². The lowest BCUT2D eigenvalue weighted by Gasteiger charge is -2.07. The van der Waals surface area contributed by atoms with E-state index in [4.69, 9.17) is 5.73 Å². The van der Waals surface area contributed by atoms with Crippen molar-refractivity contribution in [1.82, 2.24) is 5.32 Å². The molecular formula is C15H26IN3. The molecule has 0 aliphatic carbocycles. The van der Waals surface area contributed by atoms with Crippen LogP contribution in [-0.4, -0.2) is 19.0 Å². The number of aryl methyl sites for hydroxylation is 1. The fourth-order valence-corrected chi connectivity index (χ4v) is 1.67. The molecule has 1 aromatic rings. The molecule has 1 aromatic carbocycles. The van der Waals surface area contributed by atoms with Crippen molar-refractivity contribution in [3.05, 3.63) is 35.9 Å². The first-order valence-corrected chi connectivity index (χ1v) is 6.76. The number of guanidine groups is 1. The van der Waals surface area contributed by atoms with E-state index in [1.807, 2.05) is 6.07 Å². The van der Waals surface area contributed by atoms with Crippen LogP contribution in [0.3, 0.4) is 0 Å². The quantitative estimate of drug-likeness (QED) is 0.333. The zero-order chi connectivity index (χ0) is 13.2. The number of nitrogens with zero attached hydrogens (tertiary/aromatic N) is 1. The van der Waals surface area contributed by atoms with Gasteiger partial charge in [-0.1, -0.05) is 44.2 Å². The van der Waals surface area contributed by atoms with Crippen LogP contribution in [-0.2, 0) is 6.42 Å². The lowest BCUT2D eigenvalue weighted by atomic mass is 10.1. The van der Waals surface area contributed by atoms with Crippen LogP contribution < -0.4 is 11.1 Å². The summed E-state index contributed by atoms with van der Waals surface area (Å²) in [6.45, 7) is 6.10. The van der Waals surface area contributed by atoms with E-state index in [9.17, 15) is 0 Å². The third-order valence-corrected chi connectivity index (χ3v) is 2.78. The summed E-state index contributed by atoms with van der Waals surface area (Å²) in [6.07, 6.45) is 3.22. The van der Waals surface area contributed by atoms with E-state index >= 15 is 0 Å². The standard InChI is InChI=1S/C15H25N3.HI/c1-13(2)10-12-18-15(16)17-11-6-9-14-7-4-3-5-8-14;/h3-5,7-8,13H,6,9-12H2,1-2H3,(H3,16,17,18);1H. The average molecular weight is 375 g/mol. The predicted molar refractivity (Wildman–Crippen MR) is 94.1 cm³/mol. The number of halogens is 1. The Kier molecular flexibility index (Phi) is 10.6. The number of hydrogen-bond donors (Lipinski definition) is 2. The van der Waals surface area contributed by atoms with Crippen molar-refractivity contribution in [2.75, 3.05) is 13.1 Å². The fourth-order valence-electron chi connectivity index (χ4n) is 1.67. The minimum Gasteiger partial charge on any atom is -0.370 e. The molecule has 0 fully saturated rings. The first-order valence-electron chi connectivity index (χ1n) is 6.76. The highest BCUT2D eigenvalue weighted by Gasteiger charge is 1.95. The molecule has 0 heterocycles. The van der Waals surface area contributed by atoms with Gasteiger partial charge in [-0.25, -0.2) is 0 Å². The van der Waals surface area contributed by atoms with Gasteiger partial charge in [0.15, 0.2) is 5.96 Å². The Hall–Kier alpha value is -0.780. The topological polar surface area (TPSA) is 50.4 Å². The molecule has 3 nitrogen and oxygen atoms in total. The summed E-state index contributed by atoms with van der Waals surface area (Å²) in [6, 6.07) is 10.5. The Morgan fingerprint density at radius 1 is 1.26 bits per heavy atom. The van der Waals surface area contributed by atoms with Gasteiger partial charge in [0, 0.05) is 13.1 Å². The molecule has 0 atom stereocenters. The molecule has 19 heavy (non-hydrogen) atoms. The normalized spacial score (nSPS) is 11.2. The van der Waals surface area contributed by atoms with Gasteiger partial charge in [0.1, 0.15) is 0 Å². The Labute approximate surface area is 134 Å². The maximum absolute atomic E-state index is 5.78. The average Bonchev–Trinajstić information content (AvgIpc) is 2.35.